The van der Waals surface area contributed by atoms with Crippen LogP contribution in [0.2, 0.25) is 0 Å². The van der Waals surface area contributed by atoms with Gasteiger partial charge in [0.1, 0.15) is 17.2 Å². The Kier molecular flexibility index (Phi) is 6.78. The van der Waals surface area contributed by atoms with Crippen LogP contribution in [0.15, 0.2) is 52.7 Å². The summed E-state index contributed by atoms with van der Waals surface area (Å²) in [5.41, 5.74) is 1.52. The number of methoxy groups -OCH3 is 3. The number of aromatic nitrogens is 1. The maximum atomic E-state index is 12.3. The maximum Gasteiger partial charge on any atom is 0.236 e. The van der Waals surface area contributed by atoms with Gasteiger partial charge in [0.05, 0.1) is 32.8 Å². The van der Waals surface area contributed by atoms with Gasteiger partial charge in [0.2, 0.25) is 5.91 Å². The molecule has 28 heavy (non-hydrogen) atoms. The van der Waals surface area contributed by atoms with Gasteiger partial charge in [-0.1, -0.05) is 12.1 Å². The maximum absolute atomic E-state index is 12.3. The van der Waals surface area contributed by atoms with Crippen LogP contribution in [0.3, 0.4) is 0 Å². The van der Waals surface area contributed by atoms with Crippen LogP contribution in [0.4, 0.5) is 5.13 Å². The number of carbonyl (C=O) groups excluding carboxylic acids is 1. The van der Waals surface area contributed by atoms with Crippen LogP contribution in [-0.4, -0.2) is 38.0 Å². The summed E-state index contributed by atoms with van der Waals surface area (Å²) in [5, 5.41) is 5.25. The fourth-order valence-corrected chi connectivity index (χ4v) is 4.06. The molecule has 3 aromatic rings. The molecule has 0 saturated carbocycles. The largest absolute Gasteiger partial charge is 0.497 e. The number of thiazole rings is 1. The van der Waals surface area contributed by atoms with Crippen molar-refractivity contribution in [3.63, 3.8) is 0 Å². The van der Waals surface area contributed by atoms with E-state index in [0.29, 0.717) is 22.3 Å². The number of rotatable bonds is 8. The highest BCUT2D eigenvalue weighted by atomic mass is 32.2. The van der Waals surface area contributed by atoms with E-state index in [1.54, 1.807) is 21.3 Å². The van der Waals surface area contributed by atoms with Crippen LogP contribution in [0.1, 0.15) is 0 Å². The van der Waals surface area contributed by atoms with Crippen molar-refractivity contribution in [1.29, 1.82) is 0 Å². The predicted molar refractivity (Wildman–Crippen MR) is 113 cm³/mol. The SMILES string of the molecule is COc1ccc(OC)c(-c2csc(NC(=O)CSc3ccccc3OC)n2)c1. The minimum atomic E-state index is -0.130. The Morgan fingerprint density at radius 1 is 1.07 bits per heavy atom. The van der Waals surface area contributed by atoms with E-state index in [4.69, 9.17) is 14.2 Å². The molecule has 0 radical (unpaired) electrons. The van der Waals surface area contributed by atoms with Crippen LogP contribution < -0.4 is 19.5 Å². The molecule has 0 unspecified atom stereocenters. The summed E-state index contributed by atoms with van der Waals surface area (Å²) in [6.45, 7) is 0. The zero-order valence-electron chi connectivity index (χ0n) is 15.7. The van der Waals surface area contributed by atoms with Gasteiger partial charge in [-0.15, -0.1) is 23.1 Å². The van der Waals surface area contributed by atoms with Crippen molar-refractivity contribution in [1.82, 2.24) is 4.98 Å². The number of anilines is 1. The summed E-state index contributed by atoms with van der Waals surface area (Å²) in [7, 11) is 4.83. The number of benzene rings is 2. The van der Waals surface area contributed by atoms with Crippen LogP contribution in [-0.2, 0) is 4.79 Å². The second kappa shape index (κ2) is 9.48. The molecule has 1 heterocycles. The topological polar surface area (TPSA) is 69.7 Å². The molecule has 146 valence electrons. The number of para-hydroxylation sites is 1. The highest BCUT2D eigenvalue weighted by Crippen LogP contribution is 2.35. The average Bonchev–Trinajstić information content (AvgIpc) is 3.20. The van der Waals surface area contributed by atoms with Crippen molar-refractivity contribution < 1.29 is 19.0 Å². The predicted octanol–water partition coefficient (Wildman–Crippen LogP) is 4.57. The summed E-state index contributed by atoms with van der Waals surface area (Å²) in [6, 6.07) is 13.1. The highest BCUT2D eigenvalue weighted by Gasteiger charge is 2.13. The lowest BCUT2D eigenvalue weighted by atomic mass is 10.1. The highest BCUT2D eigenvalue weighted by molar-refractivity contribution is 8.00. The number of carbonyl (C=O) groups is 1. The lowest BCUT2D eigenvalue weighted by molar-refractivity contribution is -0.113. The Hall–Kier alpha value is -2.71. The molecule has 1 aromatic heterocycles. The number of hydrogen-bond donors (Lipinski definition) is 1. The van der Waals surface area contributed by atoms with E-state index < -0.39 is 0 Å². The second-order valence-electron chi connectivity index (χ2n) is 5.59. The molecule has 0 fully saturated rings. The zero-order chi connectivity index (χ0) is 19.9. The number of amides is 1. The van der Waals surface area contributed by atoms with Gasteiger partial charge in [0.25, 0.3) is 0 Å². The van der Waals surface area contributed by atoms with Gasteiger partial charge in [0, 0.05) is 15.8 Å². The molecule has 8 heteroatoms. The summed E-state index contributed by atoms with van der Waals surface area (Å²) < 4.78 is 16.0. The molecule has 0 saturated heterocycles. The number of thioether (sulfide) groups is 1. The number of ether oxygens (including phenoxy) is 3. The van der Waals surface area contributed by atoms with Crippen molar-refractivity contribution in [3.05, 3.63) is 47.8 Å². The van der Waals surface area contributed by atoms with Gasteiger partial charge in [0.15, 0.2) is 5.13 Å². The Bertz CT molecular complexity index is 959. The Balaban J connectivity index is 1.67. The quantitative estimate of drug-likeness (QED) is 0.543. The van der Waals surface area contributed by atoms with Gasteiger partial charge in [-0.25, -0.2) is 4.98 Å². The van der Waals surface area contributed by atoms with Gasteiger partial charge < -0.3 is 19.5 Å². The van der Waals surface area contributed by atoms with E-state index in [1.165, 1.54) is 23.1 Å². The fourth-order valence-electron chi connectivity index (χ4n) is 2.51. The molecule has 6 nitrogen and oxygen atoms in total. The van der Waals surface area contributed by atoms with Crippen LogP contribution >= 0.6 is 23.1 Å². The van der Waals surface area contributed by atoms with E-state index in [0.717, 1.165) is 16.2 Å². The molecule has 1 N–H and O–H groups in total. The third kappa shape index (κ3) is 4.76. The number of hydrogen-bond acceptors (Lipinski definition) is 7. The molecule has 1 amide bonds. The first-order valence-corrected chi connectivity index (χ1v) is 10.2. The third-order valence-electron chi connectivity index (χ3n) is 3.86. The van der Waals surface area contributed by atoms with Crippen molar-refractivity contribution in [2.24, 2.45) is 0 Å². The van der Waals surface area contributed by atoms with Gasteiger partial charge in [-0.2, -0.15) is 0 Å². The molecule has 0 spiro atoms. The minimum absolute atomic E-state index is 0.130. The first-order valence-electron chi connectivity index (χ1n) is 8.38. The van der Waals surface area contributed by atoms with Crippen molar-refractivity contribution in [3.8, 4) is 28.5 Å². The second-order valence-corrected chi connectivity index (χ2v) is 7.47. The monoisotopic (exact) mass is 416 g/mol. The number of nitrogens with one attached hydrogen (secondary N) is 1. The van der Waals surface area contributed by atoms with E-state index in [-0.39, 0.29) is 11.7 Å². The lowest BCUT2D eigenvalue weighted by Crippen LogP contribution is -2.13. The third-order valence-corrected chi connectivity index (χ3v) is 5.67. The lowest BCUT2D eigenvalue weighted by Gasteiger charge is -2.08. The van der Waals surface area contributed by atoms with Crippen molar-refractivity contribution in [2.45, 2.75) is 4.90 Å². The Morgan fingerprint density at radius 2 is 1.86 bits per heavy atom. The first-order chi connectivity index (χ1) is 13.6. The van der Waals surface area contributed by atoms with Crippen LogP contribution in [0, 0.1) is 0 Å². The van der Waals surface area contributed by atoms with Gasteiger partial charge in [-0.3, -0.25) is 4.79 Å². The van der Waals surface area contributed by atoms with Gasteiger partial charge >= 0.3 is 0 Å². The summed E-state index contributed by atoms with van der Waals surface area (Å²) in [6.07, 6.45) is 0. The smallest absolute Gasteiger partial charge is 0.236 e. The summed E-state index contributed by atoms with van der Waals surface area (Å²) in [4.78, 5) is 17.7. The van der Waals surface area contributed by atoms with E-state index in [9.17, 15) is 4.79 Å². The van der Waals surface area contributed by atoms with E-state index >= 15 is 0 Å². The minimum Gasteiger partial charge on any atom is -0.497 e. The molecule has 0 aliphatic rings. The Labute approximate surface area is 171 Å². The van der Waals surface area contributed by atoms with Crippen LogP contribution in [0.5, 0.6) is 17.2 Å². The molecular formula is C20H20N2O4S2. The normalized spacial score (nSPS) is 10.4. The summed E-state index contributed by atoms with van der Waals surface area (Å²) in [5.74, 6) is 2.28. The van der Waals surface area contributed by atoms with Crippen LogP contribution in [0.25, 0.3) is 11.3 Å². The molecule has 0 atom stereocenters. The average molecular weight is 417 g/mol. The molecule has 0 aliphatic carbocycles. The molecular weight excluding hydrogens is 396 g/mol. The van der Waals surface area contributed by atoms with E-state index in [1.807, 2.05) is 47.8 Å². The molecule has 3 rings (SSSR count). The molecule has 0 bridgehead atoms. The van der Waals surface area contributed by atoms with Gasteiger partial charge in [-0.05, 0) is 30.3 Å². The zero-order valence-corrected chi connectivity index (χ0v) is 17.4. The van der Waals surface area contributed by atoms with E-state index in [2.05, 4.69) is 10.3 Å². The Morgan fingerprint density at radius 3 is 2.61 bits per heavy atom. The summed E-state index contributed by atoms with van der Waals surface area (Å²) >= 11 is 2.78. The fraction of sp³-hybridized carbons (Fsp3) is 0.200. The molecule has 2 aromatic carbocycles. The molecule has 0 aliphatic heterocycles. The first kappa shape index (κ1) is 20.0. The van der Waals surface area contributed by atoms with Crippen molar-refractivity contribution in [2.75, 3.05) is 32.4 Å². The standard InChI is InChI=1S/C20H20N2O4S2/c1-24-13-8-9-16(25-2)14(10-13)15-11-28-20(21-15)22-19(23)12-27-18-7-5-4-6-17(18)26-3/h4-11H,12H2,1-3H3,(H,21,22,23). The number of nitrogens with zero attached hydrogens (tertiary/aromatic N) is 1. The van der Waals surface area contributed by atoms with Crippen molar-refractivity contribution >= 4 is 34.1 Å².